The lowest BCUT2D eigenvalue weighted by Crippen LogP contribution is -2.46. The maximum Gasteiger partial charge on any atom is 0.308 e. The van der Waals surface area contributed by atoms with Crippen LogP contribution in [0.5, 0.6) is 5.75 Å². The number of rotatable bonds is 5. The predicted molar refractivity (Wildman–Crippen MR) is 87.2 cm³/mol. The van der Waals surface area contributed by atoms with E-state index >= 15 is 0 Å². The van der Waals surface area contributed by atoms with Gasteiger partial charge in [0, 0.05) is 13.1 Å². The molecule has 1 heterocycles. The summed E-state index contributed by atoms with van der Waals surface area (Å²) in [5.74, 6) is 0.429. The van der Waals surface area contributed by atoms with Crippen molar-refractivity contribution in [3.8, 4) is 5.75 Å². The number of piperidine rings is 1. The number of methoxy groups -OCH3 is 1. The van der Waals surface area contributed by atoms with Crippen molar-refractivity contribution in [2.45, 2.75) is 39.2 Å². The lowest BCUT2D eigenvalue weighted by Gasteiger charge is -2.33. The molecule has 1 amide bonds. The molecule has 126 valence electrons. The first kappa shape index (κ1) is 17.3. The molecule has 1 aromatic rings. The fraction of sp³-hybridized carbons (Fsp3) is 0.556. The van der Waals surface area contributed by atoms with Gasteiger partial charge in [0.2, 0.25) is 0 Å². The number of carbonyl (C=O) groups excluding carboxylic acids is 2. The molecule has 2 rings (SSSR count). The molecule has 1 unspecified atom stereocenters. The van der Waals surface area contributed by atoms with Crippen LogP contribution in [0.25, 0.3) is 0 Å². The Kier molecular flexibility index (Phi) is 6.02. The highest BCUT2D eigenvalue weighted by Crippen LogP contribution is 2.21. The lowest BCUT2D eigenvalue weighted by molar-refractivity contribution is -0.150. The molecule has 23 heavy (non-hydrogen) atoms. The highest BCUT2D eigenvalue weighted by atomic mass is 16.5. The van der Waals surface area contributed by atoms with E-state index < -0.39 is 6.10 Å². The summed E-state index contributed by atoms with van der Waals surface area (Å²) in [6, 6.07) is 7.70. The van der Waals surface area contributed by atoms with Gasteiger partial charge in [-0.25, -0.2) is 0 Å². The Morgan fingerprint density at radius 1 is 1.22 bits per heavy atom. The Morgan fingerprint density at radius 2 is 1.83 bits per heavy atom. The number of nitrogens with zero attached hydrogens (tertiary/aromatic N) is 1. The van der Waals surface area contributed by atoms with Crippen LogP contribution in [-0.4, -0.2) is 43.1 Å². The molecule has 1 atom stereocenters. The molecule has 5 heteroatoms. The normalized spacial score (nSPS) is 16.7. The zero-order valence-corrected chi connectivity index (χ0v) is 14.1. The number of esters is 1. The second kappa shape index (κ2) is 7.99. The zero-order chi connectivity index (χ0) is 16.8. The molecule has 0 saturated carbocycles. The number of aryl methyl sites for hydroxylation is 1. The summed E-state index contributed by atoms with van der Waals surface area (Å²) in [6.45, 7) is 5.11. The van der Waals surface area contributed by atoms with Crippen LogP contribution in [0.2, 0.25) is 0 Å². The van der Waals surface area contributed by atoms with Crippen molar-refractivity contribution in [1.29, 1.82) is 0 Å². The Labute approximate surface area is 137 Å². The maximum absolute atomic E-state index is 12.6. The first-order valence-electron chi connectivity index (χ1n) is 8.15. The van der Waals surface area contributed by atoms with Gasteiger partial charge in [-0.05, 0) is 38.3 Å². The van der Waals surface area contributed by atoms with Crippen LogP contribution in [0.1, 0.15) is 31.7 Å². The van der Waals surface area contributed by atoms with E-state index in [4.69, 9.17) is 9.47 Å². The Balaban J connectivity index is 1.92. The van der Waals surface area contributed by atoms with Gasteiger partial charge in [-0.1, -0.05) is 24.6 Å². The van der Waals surface area contributed by atoms with Crippen molar-refractivity contribution >= 4 is 11.9 Å². The molecule has 0 aliphatic carbocycles. The van der Waals surface area contributed by atoms with Crippen molar-refractivity contribution in [1.82, 2.24) is 4.90 Å². The monoisotopic (exact) mass is 319 g/mol. The second-order valence-electron chi connectivity index (χ2n) is 5.95. The number of hydrogen-bond donors (Lipinski definition) is 0. The highest BCUT2D eigenvalue weighted by molar-refractivity contribution is 5.81. The van der Waals surface area contributed by atoms with Gasteiger partial charge in [-0.15, -0.1) is 0 Å². The van der Waals surface area contributed by atoms with Crippen molar-refractivity contribution in [3.05, 3.63) is 29.8 Å². The van der Waals surface area contributed by atoms with Crippen LogP contribution in [0.4, 0.5) is 0 Å². The molecule has 5 nitrogen and oxygen atoms in total. The number of amides is 1. The Morgan fingerprint density at radius 3 is 2.35 bits per heavy atom. The smallest absolute Gasteiger partial charge is 0.308 e. The van der Waals surface area contributed by atoms with Gasteiger partial charge in [0.1, 0.15) is 5.75 Å². The van der Waals surface area contributed by atoms with Gasteiger partial charge < -0.3 is 14.4 Å². The van der Waals surface area contributed by atoms with Crippen LogP contribution < -0.4 is 4.74 Å². The average molecular weight is 319 g/mol. The van der Waals surface area contributed by atoms with E-state index in [0.717, 1.165) is 5.56 Å². The summed E-state index contributed by atoms with van der Waals surface area (Å²) in [5, 5.41) is 0. The molecule has 1 aliphatic rings. The van der Waals surface area contributed by atoms with Crippen molar-refractivity contribution < 1.29 is 19.1 Å². The zero-order valence-electron chi connectivity index (χ0n) is 14.1. The van der Waals surface area contributed by atoms with E-state index in [1.54, 1.807) is 4.90 Å². The molecule has 1 saturated heterocycles. The van der Waals surface area contributed by atoms with Gasteiger partial charge in [0.15, 0.2) is 6.10 Å². The molecular formula is C18H25NO4. The second-order valence-corrected chi connectivity index (χ2v) is 5.95. The molecule has 0 aromatic heterocycles. The summed E-state index contributed by atoms with van der Waals surface area (Å²) in [5.41, 5.74) is 1.15. The summed E-state index contributed by atoms with van der Waals surface area (Å²) < 4.78 is 10.6. The van der Waals surface area contributed by atoms with E-state index in [1.807, 2.05) is 38.1 Å². The first-order valence-corrected chi connectivity index (χ1v) is 8.15. The van der Waals surface area contributed by atoms with Crippen LogP contribution in [0.15, 0.2) is 24.3 Å². The van der Waals surface area contributed by atoms with Crippen LogP contribution >= 0.6 is 0 Å². The van der Waals surface area contributed by atoms with Crippen LogP contribution in [0, 0.1) is 12.8 Å². The Bertz CT molecular complexity index is 532. The summed E-state index contributed by atoms with van der Waals surface area (Å²) in [6.07, 6.45) is 1.44. The standard InChI is InChI=1S/C18H25NO4/c1-4-16(23-15-7-5-13(2)6-8-15)17(20)19-11-9-14(10-12-19)18(21)22-3/h5-8,14,16H,4,9-12H2,1-3H3. The number of carbonyl (C=O) groups is 2. The first-order chi connectivity index (χ1) is 11.0. The van der Waals surface area contributed by atoms with Crippen LogP contribution in [-0.2, 0) is 14.3 Å². The molecule has 1 aromatic carbocycles. The molecule has 0 spiro atoms. The van der Waals surface area contributed by atoms with E-state index in [2.05, 4.69) is 0 Å². The van der Waals surface area contributed by atoms with E-state index in [1.165, 1.54) is 7.11 Å². The minimum Gasteiger partial charge on any atom is -0.481 e. The molecule has 1 aliphatic heterocycles. The van der Waals surface area contributed by atoms with Gasteiger partial charge in [0.25, 0.3) is 5.91 Å². The number of hydrogen-bond acceptors (Lipinski definition) is 4. The summed E-state index contributed by atoms with van der Waals surface area (Å²) in [7, 11) is 1.41. The SMILES string of the molecule is CCC(Oc1ccc(C)cc1)C(=O)N1CCC(C(=O)OC)CC1. The number of benzene rings is 1. The van der Waals surface area contributed by atoms with E-state index in [0.29, 0.717) is 38.1 Å². The van der Waals surface area contributed by atoms with Gasteiger partial charge in [-0.2, -0.15) is 0 Å². The largest absolute Gasteiger partial charge is 0.481 e. The molecular weight excluding hydrogens is 294 g/mol. The topological polar surface area (TPSA) is 55.8 Å². The van der Waals surface area contributed by atoms with Crippen LogP contribution in [0.3, 0.4) is 0 Å². The average Bonchev–Trinajstić information content (AvgIpc) is 2.60. The molecule has 0 radical (unpaired) electrons. The Hall–Kier alpha value is -2.04. The number of ether oxygens (including phenoxy) is 2. The third-order valence-electron chi connectivity index (χ3n) is 4.29. The fourth-order valence-corrected chi connectivity index (χ4v) is 2.80. The van der Waals surface area contributed by atoms with E-state index in [-0.39, 0.29) is 17.8 Å². The number of likely N-dealkylation sites (tertiary alicyclic amines) is 1. The van der Waals surface area contributed by atoms with Gasteiger partial charge >= 0.3 is 5.97 Å². The van der Waals surface area contributed by atoms with Crippen molar-refractivity contribution in [3.63, 3.8) is 0 Å². The fourth-order valence-electron chi connectivity index (χ4n) is 2.80. The molecule has 1 fully saturated rings. The third-order valence-corrected chi connectivity index (χ3v) is 4.29. The molecule has 0 bridgehead atoms. The van der Waals surface area contributed by atoms with Crippen molar-refractivity contribution in [2.75, 3.05) is 20.2 Å². The summed E-state index contributed by atoms with van der Waals surface area (Å²) >= 11 is 0. The predicted octanol–water partition coefficient (Wildman–Crippen LogP) is 2.56. The maximum atomic E-state index is 12.6. The quantitative estimate of drug-likeness (QED) is 0.783. The van der Waals surface area contributed by atoms with Gasteiger partial charge in [-0.3, -0.25) is 9.59 Å². The minimum atomic E-state index is -0.479. The summed E-state index contributed by atoms with van der Waals surface area (Å²) in [4.78, 5) is 26.0. The minimum absolute atomic E-state index is 0.00334. The van der Waals surface area contributed by atoms with E-state index in [9.17, 15) is 9.59 Å². The third kappa shape index (κ3) is 4.47. The van der Waals surface area contributed by atoms with Gasteiger partial charge in [0.05, 0.1) is 13.0 Å². The lowest BCUT2D eigenvalue weighted by atomic mass is 9.96. The highest BCUT2D eigenvalue weighted by Gasteiger charge is 2.31. The van der Waals surface area contributed by atoms with Crippen molar-refractivity contribution in [2.24, 2.45) is 5.92 Å². The molecule has 0 N–H and O–H groups in total.